The number of carbonyl (C=O) groups excluding carboxylic acids is 2. The van der Waals surface area contributed by atoms with Gasteiger partial charge in [-0.3, -0.25) is 9.59 Å². The number of benzene rings is 2. The summed E-state index contributed by atoms with van der Waals surface area (Å²) in [7, 11) is 0. The first-order valence-corrected chi connectivity index (χ1v) is 9.18. The Morgan fingerprint density at radius 1 is 1.15 bits per heavy atom. The molecule has 0 unspecified atom stereocenters. The first kappa shape index (κ1) is 19.2. The van der Waals surface area contributed by atoms with E-state index >= 15 is 0 Å². The van der Waals surface area contributed by atoms with Crippen LogP contribution in [0.15, 0.2) is 42.5 Å². The SMILES string of the molecule is Cc1ccc(NC(=O)CNc2cccc(C(=O)N3CCOCC3)c2)c(Cl)c1. The van der Waals surface area contributed by atoms with Gasteiger partial charge in [-0.05, 0) is 42.8 Å². The summed E-state index contributed by atoms with van der Waals surface area (Å²) in [5.41, 5.74) is 2.89. The van der Waals surface area contributed by atoms with Gasteiger partial charge >= 0.3 is 0 Å². The highest BCUT2D eigenvalue weighted by atomic mass is 35.5. The summed E-state index contributed by atoms with van der Waals surface area (Å²) in [6.07, 6.45) is 0. The van der Waals surface area contributed by atoms with Gasteiger partial charge in [-0.1, -0.05) is 23.7 Å². The number of anilines is 2. The molecule has 0 radical (unpaired) electrons. The van der Waals surface area contributed by atoms with Crippen LogP contribution in [0.1, 0.15) is 15.9 Å². The van der Waals surface area contributed by atoms with Gasteiger partial charge in [-0.15, -0.1) is 0 Å². The Morgan fingerprint density at radius 3 is 2.67 bits per heavy atom. The Balaban J connectivity index is 1.57. The Morgan fingerprint density at radius 2 is 1.93 bits per heavy atom. The molecule has 27 heavy (non-hydrogen) atoms. The fourth-order valence-corrected chi connectivity index (χ4v) is 3.09. The van der Waals surface area contributed by atoms with Crippen LogP contribution < -0.4 is 10.6 Å². The van der Waals surface area contributed by atoms with Crippen LogP contribution in [0.5, 0.6) is 0 Å². The summed E-state index contributed by atoms with van der Waals surface area (Å²) in [6.45, 7) is 4.31. The quantitative estimate of drug-likeness (QED) is 0.826. The lowest BCUT2D eigenvalue weighted by Gasteiger charge is -2.27. The first-order chi connectivity index (χ1) is 13.0. The molecule has 1 aliphatic rings. The van der Waals surface area contributed by atoms with Crippen molar-refractivity contribution in [3.8, 4) is 0 Å². The van der Waals surface area contributed by atoms with Crippen molar-refractivity contribution >= 4 is 34.8 Å². The minimum Gasteiger partial charge on any atom is -0.378 e. The molecule has 6 nitrogen and oxygen atoms in total. The minimum atomic E-state index is -0.217. The number of amides is 2. The van der Waals surface area contributed by atoms with Gasteiger partial charge in [0.05, 0.1) is 30.5 Å². The molecule has 0 aliphatic carbocycles. The zero-order chi connectivity index (χ0) is 19.2. The van der Waals surface area contributed by atoms with E-state index in [0.717, 1.165) is 5.56 Å². The van der Waals surface area contributed by atoms with Crippen molar-refractivity contribution in [2.75, 3.05) is 43.5 Å². The van der Waals surface area contributed by atoms with Gasteiger partial charge in [0, 0.05) is 24.3 Å². The highest BCUT2D eigenvalue weighted by Gasteiger charge is 2.18. The Hall–Kier alpha value is -2.57. The maximum atomic E-state index is 12.5. The Labute approximate surface area is 163 Å². The summed E-state index contributed by atoms with van der Waals surface area (Å²) in [5, 5.41) is 6.32. The topological polar surface area (TPSA) is 70.7 Å². The largest absolute Gasteiger partial charge is 0.378 e. The van der Waals surface area contributed by atoms with Crippen LogP contribution in [0.2, 0.25) is 5.02 Å². The van der Waals surface area contributed by atoms with Crippen molar-refractivity contribution in [1.29, 1.82) is 0 Å². The van der Waals surface area contributed by atoms with Gasteiger partial charge < -0.3 is 20.3 Å². The van der Waals surface area contributed by atoms with Crippen LogP contribution in [-0.2, 0) is 9.53 Å². The van der Waals surface area contributed by atoms with Crippen LogP contribution in [0.3, 0.4) is 0 Å². The van der Waals surface area contributed by atoms with Crippen molar-refractivity contribution in [1.82, 2.24) is 4.90 Å². The smallest absolute Gasteiger partial charge is 0.254 e. The number of nitrogens with zero attached hydrogens (tertiary/aromatic N) is 1. The number of ether oxygens (including phenoxy) is 1. The Bertz CT molecular complexity index is 835. The first-order valence-electron chi connectivity index (χ1n) is 8.80. The third kappa shape index (κ3) is 5.21. The molecule has 1 fully saturated rings. The summed E-state index contributed by atoms with van der Waals surface area (Å²) >= 11 is 6.13. The average Bonchev–Trinajstić information content (AvgIpc) is 2.69. The molecule has 1 aliphatic heterocycles. The molecule has 2 N–H and O–H groups in total. The molecule has 1 saturated heterocycles. The zero-order valence-electron chi connectivity index (χ0n) is 15.1. The molecule has 0 atom stereocenters. The number of hydrogen-bond acceptors (Lipinski definition) is 4. The van der Waals surface area contributed by atoms with Crippen LogP contribution in [0.4, 0.5) is 11.4 Å². The molecule has 0 spiro atoms. The highest BCUT2D eigenvalue weighted by molar-refractivity contribution is 6.33. The second-order valence-electron chi connectivity index (χ2n) is 6.37. The lowest BCUT2D eigenvalue weighted by atomic mass is 10.1. The van der Waals surface area contributed by atoms with Gasteiger partial charge in [0.1, 0.15) is 0 Å². The molecule has 0 aromatic heterocycles. The molecule has 142 valence electrons. The van der Waals surface area contributed by atoms with Crippen LogP contribution >= 0.6 is 11.6 Å². The number of hydrogen-bond donors (Lipinski definition) is 2. The van der Waals surface area contributed by atoms with E-state index in [1.807, 2.05) is 19.1 Å². The van der Waals surface area contributed by atoms with E-state index in [9.17, 15) is 9.59 Å². The minimum absolute atomic E-state index is 0.0298. The van der Waals surface area contributed by atoms with Crippen LogP contribution in [-0.4, -0.2) is 49.6 Å². The third-order valence-corrected chi connectivity index (χ3v) is 4.57. The van der Waals surface area contributed by atoms with E-state index in [4.69, 9.17) is 16.3 Å². The van der Waals surface area contributed by atoms with Crippen molar-refractivity contribution < 1.29 is 14.3 Å². The zero-order valence-corrected chi connectivity index (χ0v) is 15.9. The number of halogens is 1. The molecule has 0 bridgehead atoms. The van der Waals surface area contributed by atoms with E-state index in [0.29, 0.717) is 48.3 Å². The van der Waals surface area contributed by atoms with Crippen LogP contribution in [0, 0.1) is 6.92 Å². The summed E-state index contributed by atoms with van der Waals surface area (Å²) in [5.74, 6) is -0.247. The Kier molecular flexibility index (Phi) is 6.32. The van der Waals surface area contributed by atoms with Gasteiger partial charge in [0.2, 0.25) is 5.91 Å². The lowest BCUT2D eigenvalue weighted by molar-refractivity contribution is -0.114. The van der Waals surface area contributed by atoms with E-state index in [1.165, 1.54) is 0 Å². The van der Waals surface area contributed by atoms with Crippen molar-refractivity contribution in [3.05, 3.63) is 58.6 Å². The molecular weight excluding hydrogens is 366 g/mol. The molecule has 2 aromatic carbocycles. The number of aryl methyl sites for hydroxylation is 1. The fraction of sp³-hybridized carbons (Fsp3) is 0.300. The van der Waals surface area contributed by atoms with Crippen LogP contribution in [0.25, 0.3) is 0 Å². The number of rotatable bonds is 5. The predicted octanol–water partition coefficient (Wildman–Crippen LogP) is 3.17. The highest BCUT2D eigenvalue weighted by Crippen LogP contribution is 2.22. The molecular formula is C20H22ClN3O3. The predicted molar refractivity (Wildman–Crippen MR) is 106 cm³/mol. The summed E-state index contributed by atoms with van der Waals surface area (Å²) in [4.78, 5) is 26.5. The standard InChI is InChI=1S/C20H22ClN3O3/c1-14-5-6-18(17(21)11-14)23-19(25)13-22-16-4-2-3-15(12-16)20(26)24-7-9-27-10-8-24/h2-6,11-12,22H,7-10,13H2,1H3,(H,23,25). The maximum absolute atomic E-state index is 12.5. The molecule has 2 amide bonds. The van der Waals surface area contributed by atoms with Crippen molar-refractivity contribution in [2.45, 2.75) is 6.92 Å². The van der Waals surface area contributed by atoms with Gasteiger partial charge in [-0.25, -0.2) is 0 Å². The molecule has 7 heteroatoms. The fourth-order valence-electron chi connectivity index (χ4n) is 2.81. The molecule has 3 rings (SSSR count). The average molecular weight is 388 g/mol. The molecule has 2 aromatic rings. The maximum Gasteiger partial charge on any atom is 0.254 e. The second kappa shape index (κ2) is 8.88. The number of carbonyl (C=O) groups is 2. The normalized spacial score (nSPS) is 13.9. The van der Waals surface area contributed by atoms with E-state index in [2.05, 4.69) is 10.6 Å². The van der Waals surface area contributed by atoms with Gasteiger partial charge in [0.15, 0.2) is 0 Å². The molecule has 1 heterocycles. The second-order valence-corrected chi connectivity index (χ2v) is 6.78. The monoisotopic (exact) mass is 387 g/mol. The number of nitrogens with one attached hydrogen (secondary N) is 2. The number of morpholine rings is 1. The van der Waals surface area contributed by atoms with Gasteiger partial charge in [0.25, 0.3) is 5.91 Å². The van der Waals surface area contributed by atoms with Crippen molar-refractivity contribution in [3.63, 3.8) is 0 Å². The van der Waals surface area contributed by atoms with E-state index in [1.54, 1.807) is 35.2 Å². The van der Waals surface area contributed by atoms with Gasteiger partial charge in [-0.2, -0.15) is 0 Å². The third-order valence-electron chi connectivity index (χ3n) is 4.26. The summed E-state index contributed by atoms with van der Waals surface area (Å²) < 4.78 is 5.28. The lowest BCUT2D eigenvalue weighted by Crippen LogP contribution is -2.40. The summed E-state index contributed by atoms with van der Waals surface area (Å²) in [6, 6.07) is 12.6. The van der Waals surface area contributed by atoms with E-state index < -0.39 is 0 Å². The van der Waals surface area contributed by atoms with Crippen molar-refractivity contribution in [2.24, 2.45) is 0 Å². The molecule has 0 saturated carbocycles. The van der Waals surface area contributed by atoms with E-state index in [-0.39, 0.29) is 18.4 Å².